The maximum absolute atomic E-state index is 13.5. The summed E-state index contributed by atoms with van der Waals surface area (Å²) in [7, 11) is -4.31. The normalized spacial score (nSPS) is 16.7. The van der Waals surface area contributed by atoms with Gasteiger partial charge in [0.15, 0.2) is 9.84 Å². The number of pyridine rings is 1. The molecule has 1 aromatic heterocycles. The van der Waals surface area contributed by atoms with E-state index >= 15 is 0 Å². The third-order valence-corrected chi connectivity index (χ3v) is 8.04. The van der Waals surface area contributed by atoms with Crippen LogP contribution in [0.5, 0.6) is 0 Å². The molecule has 6 nitrogen and oxygen atoms in total. The number of carbonyl (C=O) groups is 1. The molecular weight excluding hydrogens is 495 g/mol. The molecule has 0 amide bonds. The number of alkyl halides is 3. The van der Waals surface area contributed by atoms with Crippen LogP contribution in [0.15, 0.2) is 82.6 Å². The van der Waals surface area contributed by atoms with Crippen LogP contribution in [0.4, 0.5) is 13.2 Å². The highest BCUT2D eigenvalue weighted by molar-refractivity contribution is 7.91. The first-order valence-electron chi connectivity index (χ1n) is 10.9. The van der Waals surface area contributed by atoms with Crippen LogP contribution in [0.2, 0.25) is 0 Å². The molecule has 4 aromatic rings. The molecule has 5 rings (SSSR count). The molecule has 1 atom stereocenters. The van der Waals surface area contributed by atoms with E-state index in [4.69, 9.17) is 0 Å². The second kappa shape index (κ2) is 8.34. The Morgan fingerprint density at radius 1 is 0.972 bits per heavy atom. The summed E-state index contributed by atoms with van der Waals surface area (Å²) in [6.45, 7) is 0. The van der Waals surface area contributed by atoms with Gasteiger partial charge in [0.05, 0.1) is 11.3 Å². The van der Waals surface area contributed by atoms with Crippen molar-refractivity contribution < 1.29 is 31.5 Å². The van der Waals surface area contributed by atoms with E-state index in [1.807, 2.05) is 30.3 Å². The molecular formula is C26H18F3NO5S. The van der Waals surface area contributed by atoms with E-state index in [1.54, 1.807) is 12.1 Å². The standard InChI is InChI=1S/C26H18F3NO5S/c27-26(28,29)19-9-4-8-17(12-19)23-18(11-16-7-3-6-15-5-1-2-10-20(15)16)13-22(31)30-21(25(32)33)14-36(34,35)24(23)30/h1-10,12-13,21H,11,14H2,(H,32,33)/t21-/m0/s1. The number of aromatic nitrogens is 1. The predicted molar refractivity (Wildman–Crippen MR) is 127 cm³/mol. The third kappa shape index (κ3) is 3.97. The topological polar surface area (TPSA) is 93.4 Å². The smallest absolute Gasteiger partial charge is 0.416 e. The van der Waals surface area contributed by atoms with Gasteiger partial charge in [-0.3, -0.25) is 9.36 Å². The minimum Gasteiger partial charge on any atom is -0.480 e. The molecule has 1 aliphatic heterocycles. The molecule has 3 aromatic carbocycles. The summed E-state index contributed by atoms with van der Waals surface area (Å²) < 4.78 is 67.5. The number of hydrogen-bond acceptors (Lipinski definition) is 4. The summed E-state index contributed by atoms with van der Waals surface area (Å²) in [4.78, 5) is 24.8. The van der Waals surface area contributed by atoms with Crippen molar-refractivity contribution >= 4 is 26.6 Å². The highest BCUT2D eigenvalue weighted by atomic mass is 32.2. The van der Waals surface area contributed by atoms with E-state index in [2.05, 4.69) is 0 Å². The summed E-state index contributed by atoms with van der Waals surface area (Å²) in [6.07, 6.45) is -4.65. The van der Waals surface area contributed by atoms with Crippen molar-refractivity contribution in [2.24, 2.45) is 0 Å². The Balaban J connectivity index is 1.84. The SMILES string of the molecule is O=C(O)[C@@H]1CS(=O)(=O)c2c(-c3cccc(C(F)(F)F)c3)c(Cc3cccc4ccccc34)cc(=O)n21. The number of hydrogen-bond donors (Lipinski definition) is 1. The van der Waals surface area contributed by atoms with Crippen LogP contribution < -0.4 is 5.56 Å². The van der Waals surface area contributed by atoms with Crippen molar-refractivity contribution in [3.63, 3.8) is 0 Å². The number of benzene rings is 3. The fourth-order valence-corrected chi connectivity index (χ4v) is 6.69. The largest absolute Gasteiger partial charge is 0.480 e. The molecule has 36 heavy (non-hydrogen) atoms. The lowest BCUT2D eigenvalue weighted by molar-refractivity contribution is -0.140. The van der Waals surface area contributed by atoms with Crippen molar-refractivity contribution in [1.29, 1.82) is 0 Å². The van der Waals surface area contributed by atoms with Crippen molar-refractivity contribution in [2.45, 2.75) is 23.7 Å². The lowest BCUT2D eigenvalue weighted by Gasteiger charge is -2.18. The molecule has 184 valence electrons. The molecule has 0 bridgehead atoms. The molecule has 1 aliphatic rings. The number of sulfone groups is 1. The Labute approximate surface area is 203 Å². The van der Waals surface area contributed by atoms with Crippen LogP contribution in [0, 0.1) is 0 Å². The number of nitrogens with zero attached hydrogens (tertiary/aromatic N) is 1. The fourth-order valence-electron chi connectivity index (χ4n) is 4.74. The summed E-state index contributed by atoms with van der Waals surface area (Å²) in [5, 5.41) is 10.7. The number of rotatable bonds is 4. The van der Waals surface area contributed by atoms with Crippen molar-refractivity contribution in [3.05, 3.63) is 99.8 Å². The van der Waals surface area contributed by atoms with E-state index < -0.39 is 49.9 Å². The summed E-state index contributed by atoms with van der Waals surface area (Å²) in [6, 6.07) is 16.5. The van der Waals surface area contributed by atoms with E-state index in [9.17, 15) is 36.3 Å². The summed E-state index contributed by atoms with van der Waals surface area (Å²) >= 11 is 0. The van der Waals surface area contributed by atoms with Crippen LogP contribution >= 0.6 is 0 Å². The van der Waals surface area contributed by atoms with Crippen molar-refractivity contribution in [3.8, 4) is 11.1 Å². The summed E-state index contributed by atoms with van der Waals surface area (Å²) in [5.41, 5.74) is -1.08. The monoisotopic (exact) mass is 513 g/mol. The van der Waals surface area contributed by atoms with Crippen LogP contribution in [-0.4, -0.2) is 29.8 Å². The number of carboxylic acids is 1. The molecule has 0 spiro atoms. The lowest BCUT2D eigenvalue weighted by atomic mass is 9.93. The van der Waals surface area contributed by atoms with Gasteiger partial charge in [0, 0.05) is 11.6 Å². The van der Waals surface area contributed by atoms with Gasteiger partial charge in [-0.05, 0) is 46.0 Å². The fraction of sp³-hybridized carbons (Fsp3) is 0.154. The van der Waals surface area contributed by atoms with Gasteiger partial charge >= 0.3 is 12.1 Å². The van der Waals surface area contributed by atoms with Gasteiger partial charge in [0.25, 0.3) is 5.56 Å². The average Bonchev–Trinajstić information content (AvgIpc) is 3.11. The van der Waals surface area contributed by atoms with Gasteiger partial charge < -0.3 is 5.11 Å². The second-order valence-corrected chi connectivity index (χ2v) is 10.5. The van der Waals surface area contributed by atoms with Crippen LogP contribution in [-0.2, 0) is 27.2 Å². The molecule has 0 fully saturated rings. The first-order valence-corrected chi connectivity index (χ1v) is 12.5. The Hall–Kier alpha value is -3.92. The lowest BCUT2D eigenvalue weighted by Crippen LogP contribution is -2.29. The second-order valence-electron chi connectivity index (χ2n) is 8.59. The molecule has 0 aliphatic carbocycles. The van der Waals surface area contributed by atoms with E-state index in [1.165, 1.54) is 6.07 Å². The van der Waals surface area contributed by atoms with Crippen LogP contribution in [0.3, 0.4) is 0 Å². The molecule has 0 saturated carbocycles. The predicted octanol–water partition coefficient (Wildman–Crippen LogP) is 4.69. The molecule has 0 radical (unpaired) electrons. The van der Waals surface area contributed by atoms with Gasteiger partial charge in [-0.1, -0.05) is 54.6 Å². The average molecular weight is 513 g/mol. The zero-order valence-electron chi connectivity index (χ0n) is 18.5. The Morgan fingerprint density at radius 2 is 1.67 bits per heavy atom. The van der Waals surface area contributed by atoms with Crippen LogP contribution in [0.25, 0.3) is 21.9 Å². The van der Waals surface area contributed by atoms with E-state index in [-0.39, 0.29) is 23.1 Å². The highest BCUT2D eigenvalue weighted by Crippen LogP contribution is 2.40. The van der Waals surface area contributed by atoms with Gasteiger partial charge in [0.2, 0.25) is 0 Å². The number of fused-ring (bicyclic) bond motifs is 2. The Bertz CT molecular complexity index is 1700. The Kier molecular flexibility index (Phi) is 5.51. The van der Waals surface area contributed by atoms with E-state index in [0.29, 0.717) is 4.57 Å². The van der Waals surface area contributed by atoms with Crippen molar-refractivity contribution in [2.75, 3.05) is 5.75 Å². The van der Waals surface area contributed by atoms with Crippen LogP contribution in [0.1, 0.15) is 22.7 Å². The van der Waals surface area contributed by atoms with Crippen molar-refractivity contribution in [1.82, 2.24) is 4.57 Å². The zero-order chi connectivity index (χ0) is 25.8. The quantitative estimate of drug-likeness (QED) is 0.427. The highest BCUT2D eigenvalue weighted by Gasteiger charge is 2.43. The maximum atomic E-state index is 13.5. The number of halogens is 3. The minimum absolute atomic E-state index is 0.0449. The first-order chi connectivity index (χ1) is 17.0. The molecule has 0 saturated heterocycles. The van der Waals surface area contributed by atoms with Gasteiger partial charge in [0.1, 0.15) is 11.1 Å². The molecule has 2 heterocycles. The maximum Gasteiger partial charge on any atom is 0.416 e. The zero-order valence-corrected chi connectivity index (χ0v) is 19.3. The third-order valence-electron chi connectivity index (χ3n) is 6.30. The van der Waals surface area contributed by atoms with Gasteiger partial charge in [-0.15, -0.1) is 0 Å². The van der Waals surface area contributed by atoms with Gasteiger partial charge in [-0.25, -0.2) is 13.2 Å². The molecule has 10 heteroatoms. The molecule has 1 N–H and O–H groups in total. The first kappa shape index (κ1) is 23.8. The number of carboxylic acid groups (broad SMARTS) is 1. The van der Waals surface area contributed by atoms with E-state index in [0.717, 1.165) is 40.6 Å². The van der Waals surface area contributed by atoms with Gasteiger partial charge in [-0.2, -0.15) is 13.2 Å². The molecule has 0 unspecified atom stereocenters. The number of aliphatic carboxylic acids is 1. The Morgan fingerprint density at radius 3 is 2.39 bits per heavy atom. The summed E-state index contributed by atoms with van der Waals surface area (Å²) in [5.74, 6) is -2.38. The minimum atomic E-state index is -4.69.